The molecule has 1 aliphatic heterocycles. The van der Waals surface area contributed by atoms with Crippen LogP contribution in [-0.2, 0) is 6.54 Å². The molecule has 1 heterocycles. The standard InChI is InChI=1S/C18H29N3/c1-15(13-19-2)17-5-3-16(4-6-17)14-20-9-11-21(12-10-20)18-7-8-18/h3-6,15,18-19H,7-14H2,1-2H3. The summed E-state index contributed by atoms with van der Waals surface area (Å²) in [5.41, 5.74) is 2.89. The zero-order valence-electron chi connectivity index (χ0n) is 13.5. The largest absolute Gasteiger partial charge is 0.319 e. The first-order valence-electron chi connectivity index (χ1n) is 8.46. The van der Waals surface area contributed by atoms with E-state index in [9.17, 15) is 0 Å². The van der Waals surface area contributed by atoms with Crippen LogP contribution in [0.25, 0.3) is 0 Å². The van der Waals surface area contributed by atoms with Crippen LogP contribution in [0.5, 0.6) is 0 Å². The number of nitrogens with zero attached hydrogens (tertiary/aromatic N) is 2. The summed E-state index contributed by atoms with van der Waals surface area (Å²) < 4.78 is 0. The molecule has 3 heteroatoms. The van der Waals surface area contributed by atoms with Gasteiger partial charge in [-0.1, -0.05) is 31.2 Å². The Morgan fingerprint density at radius 2 is 1.76 bits per heavy atom. The van der Waals surface area contributed by atoms with Crippen molar-refractivity contribution in [2.45, 2.75) is 38.3 Å². The third-order valence-electron chi connectivity index (χ3n) is 4.94. The molecular formula is C18H29N3. The van der Waals surface area contributed by atoms with E-state index >= 15 is 0 Å². The van der Waals surface area contributed by atoms with E-state index in [1.165, 1.54) is 50.1 Å². The number of rotatable bonds is 6. The van der Waals surface area contributed by atoms with Gasteiger partial charge in [0, 0.05) is 45.3 Å². The summed E-state index contributed by atoms with van der Waals surface area (Å²) in [6.45, 7) is 9.43. The van der Waals surface area contributed by atoms with Gasteiger partial charge in [0.15, 0.2) is 0 Å². The van der Waals surface area contributed by atoms with Gasteiger partial charge in [-0.05, 0) is 36.9 Å². The van der Waals surface area contributed by atoms with E-state index in [4.69, 9.17) is 0 Å². The molecule has 0 spiro atoms. The summed E-state index contributed by atoms with van der Waals surface area (Å²) >= 11 is 0. The normalized spacial score (nSPS) is 22.4. The van der Waals surface area contributed by atoms with Crippen LogP contribution in [0.1, 0.15) is 36.8 Å². The zero-order valence-corrected chi connectivity index (χ0v) is 13.5. The number of hydrogen-bond donors (Lipinski definition) is 1. The number of piperazine rings is 1. The van der Waals surface area contributed by atoms with Gasteiger partial charge in [-0.15, -0.1) is 0 Å². The number of likely N-dealkylation sites (N-methyl/N-ethyl adjacent to an activating group) is 1. The Labute approximate surface area is 129 Å². The van der Waals surface area contributed by atoms with Crippen LogP contribution in [0.3, 0.4) is 0 Å². The molecule has 1 N–H and O–H groups in total. The minimum atomic E-state index is 0.589. The highest BCUT2D eigenvalue weighted by molar-refractivity contribution is 5.25. The van der Waals surface area contributed by atoms with Gasteiger partial charge < -0.3 is 5.32 Å². The molecule has 2 aliphatic rings. The maximum absolute atomic E-state index is 3.25. The molecule has 0 amide bonds. The molecule has 1 saturated carbocycles. The SMILES string of the molecule is CNCC(C)c1ccc(CN2CCN(C3CC3)CC2)cc1. The highest BCUT2D eigenvalue weighted by Crippen LogP contribution is 2.27. The minimum Gasteiger partial charge on any atom is -0.319 e. The number of benzene rings is 1. The number of nitrogens with one attached hydrogen (secondary N) is 1. The summed E-state index contributed by atoms with van der Waals surface area (Å²) in [5, 5.41) is 3.25. The van der Waals surface area contributed by atoms with Crippen molar-refractivity contribution in [2.75, 3.05) is 39.8 Å². The van der Waals surface area contributed by atoms with E-state index in [1.54, 1.807) is 0 Å². The van der Waals surface area contributed by atoms with Gasteiger partial charge in [0.1, 0.15) is 0 Å². The lowest BCUT2D eigenvalue weighted by Gasteiger charge is -2.34. The Morgan fingerprint density at radius 1 is 1.10 bits per heavy atom. The second kappa shape index (κ2) is 6.91. The molecule has 116 valence electrons. The molecule has 0 radical (unpaired) electrons. The van der Waals surface area contributed by atoms with Gasteiger partial charge >= 0.3 is 0 Å². The van der Waals surface area contributed by atoms with Crippen molar-refractivity contribution < 1.29 is 0 Å². The van der Waals surface area contributed by atoms with Crippen LogP contribution in [-0.4, -0.2) is 55.6 Å². The molecule has 1 aromatic carbocycles. The van der Waals surface area contributed by atoms with Gasteiger partial charge in [0.2, 0.25) is 0 Å². The van der Waals surface area contributed by atoms with Crippen LogP contribution in [0, 0.1) is 0 Å². The first-order valence-corrected chi connectivity index (χ1v) is 8.46. The second-order valence-corrected chi connectivity index (χ2v) is 6.74. The molecule has 1 aliphatic carbocycles. The van der Waals surface area contributed by atoms with Crippen molar-refractivity contribution in [3.63, 3.8) is 0 Å². The second-order valence-electron chi connectivity index (χ2n) is 6.74. The molecule has 1 saturated heterocycles. The average Bonchev–Trinajstić information content (AvgIpc) is 3.34. The van der Waals surface area contributed by atoms with E-state index in [2.05, 4.69) is 46.3 Å². The van der Waals surface area contributed by atoms with Crippen LogP contribution < -0.4 is 5.32 Å². The van der Waals surface area contributed by atoms with Gasteiger partial charge in [-0.25, -0.2) is 0 Å². The van der Waals surface area contributed by atoms with Crippen molar-refractivity contribution in [2.24, 2.45) is 0 Å². The topological polar surface area (TPSA) is 18.5 Å². The lowest BCUT2D eigenvalue weighted by Crippen LogP contribution is -2.46. The molecular weight excluding hydrogens is 258 g/mol. The van der Waals surface area contributed by atoms with E-state index in [0.29, 0.717) is 5.92 Å². The zero-order chi connectivity index (χ0) is 14.7. The van der Waals surface area contributed by atoms with Crippen LogP contribution in [0.15, 0.2) is 24.3 Å². The lowest BCUT2D eigenvalue weighted by molar-refractivity contribution is 0.121. The number of hydrogen-bond acceptors (Lipinski definition) is 3. The van der Waals surface area contributed by atoms with Crippen molar-refractivity contribution in [3.8, 4) is 0 Å². The highest BCUT2D eigenvalue weighted by atomic mass is 15.3. The van der Waals surface area contributed by atoms with Crippen LogP contribution in [0.4, 0.5) is 0 Å². The Hall–Kier alpha value is -0.900. The maximum Gasteiger partial charge on any atom is 0.0234 e. The molecule has 1 aromatic rings. The summed E-state index contributed by atoms with van der Waals surface area (Å²) in [7, 11) is 2.02. The van der Waals surface area contributed by atoms with Crippen molar-refractivity contribution in [1.82, 2.24) is 15.1 Å². The molecule has 21 heavy (non-hydrogen) atoms. The molecule has 0 bridgehead atoms. The first-order chi connectivity index (χ1) is 10.3. The summed E-state index contributed by atoms with van der Waals surface area (Å²) in [6, 6.07) is 10.2. The fourth-order valence-electron chi connectivity index (χ4n) is 3.36. The van der Waals surface area contributed by atoms with Crippen LogP contribution >= 0.6 is 0 Å². The fourth-order valence-corrected chi connectivity index (χ4v) is 3.36. The van der Waals surface area contributed by atoms with Crippen LogP contribution in [0.2, 0.25) is 0 Å². The van der Waals surface area contributed by atoms with Gasteiger partial charge in [-0.3, -0.25) is 9.80 Å². The lowest BCUT2D eigenvalue weighted by atomic mass is 9.99. The van der Waals surface area contributed by atoms with E-state index in [-0.39, 0.29) is 0 Å². The summed E-state index contributed by atoms with van der Waals surface area (Å²) in [6.07, 6.45) is 2.87. The minimum absolute atomic E-state index is 0.589. The van der Waals surface area contributed by atoms with Crippen molar-refractivity contribution in [3.05, 3.63) is 35.4 Å². The predicted octanol–water partition coefficient (Wildman–Crippen LogP) is 2.29. The van der Waals surface area contributed by atoms with Gasteiger partial charge in [0.25, 0.3) is 0 Å². The highest BCUT2D eigenvalue weighted by Gasteiger charge is 2.30. The van der Waals surface area contributed by atoms with Gasteiger partial charge in [-0.2, -0.15) is 0 Å². The Balaban J connectivity index is 1.48. The maximum atomic E-state index is 3.25. The van der Waals surface area contributed by atoms with Gasteiger partial charge in [0.05, 0.1) is 0 Å². The average molecular weight is 287 g/mol. The molecule has 2 fully saturated rings. The first kappa shape index (κ1) is 15.0. The summed E-state index contributed by atoms with van der Waals surface area (Å²) in [4.78, 5) is 5.28. The van der Waals surface area contributed by atoms with E-state index in [1.807, 2.05) is 7.05 Å². The fraction of sp³-hybridized carbons (Fsp3) is 0.667. The Bertz CT molecular complexity index is 430. The quantitative estimate of drug-likeness (QED) is 0.866. The van der Waals surface area contributed by atoms with E-state index in [0.717, 1.165) is 19.1 Å². The van der Waals surface area contributed by atoms with Crippen molar-refractivity contribution in [1.29, 1.82) is 0 Å². The molecule has 1 atom stereocenters. The molecule has 0 aromatic heterocycles. The smallest absolute Gasteiger partial charge is 0.0234 e. The molecule has 3 rings (SSSR count). The summed E-state index contributed by atoms with van der Waals surface area (Å²) in [5.74, 6) is 0.589. The molecule has 1 unspecified atom stereocenters. The predicted molar refractivity (Wildman–Crippen MR) is 88.7 cm³/mol. The Kier molecular flexibility index (Phi) is 4.94. The monoisotopic (exact) mass is 287 g/mol. The Morgan fingerprint density at radius 3 is 2.33 bits per heavy atom. The van der Waals surface area contributed by atoms with E-state index < -0.39 is 0 Å². The third kappa shape index (κ3) is 4.06. The van der Waals surface area contributed by atoms with Crippen molar-refractivity contribution >= 4 is 0 Å². The molecule has 3 nitrogen and oxygen atoms in total. The third-order valence-corrected chi connectivity index (χ3v) is 4.94.